The van der Waals surface area contributed by atoms with E-state index in [1.807, 2.05) is 7.05 Å². The molecule has 1 aliphatic rings. The van der Waals surface area contributed by atoms with Crippen molar-refractivity contribution in [2.75, 3.05) is 30.4 Å². The van der Waals surface area contributed by atoms with Crippen molar-refractivity contribution in [3.05, 3.63) is 60.1 Å². The van der Waals surface area contributed by atoms with Gasteiger partial charge in [-0.1, -0.05) is 18.2 Å². The molecule has 2 N–H and O–H groups in total. The van der Waals surface area contributed by atoms with E-state index in [0.717, 1.165) is 31.7 Å². The van der Waals surface area contributed by atoms with Crippen molar-refractivity contribution in [1.29, 1.82) is 0 Å². The summed E-state index contributed by atoms with van der Waals surface area (Å²) in [6.07, 6.45) is -1.46. The average Bonchev–Trinajstić information content (AvgIpc) is 3.27. The second kappa shape index (κ2) is 8.99. The molecule has 0 saturated carbocycles. The highest BCUT2D eigenvalue weighted by atomic mass is 19.4. The Morgan fingerprint density at radius 2 is 1.84 bits per heavy atom. The number of amides is 1. The highest BCUT2D eigenvalue weighted by molar-refractivity contribution is 6.04. The zero-order chi connectivity index (χ0) is 22.7. The van der Waals surface area contributed by atoms with Crippen LogP contribution in [0.25, 0.3) is 11.5 Å². The van der Waals surface area contributed by atoms with Gasteiger partial charge in [0.05, 0.1) is 11.9 Å². The number of carbonyl (C=O) groups excluding carboxylic acids is 1. The van der Waals surface area contributed by atoms with Crippen molar-refractivity contribution in [2.45, 2.75) is 25.1 Å². The number of pyridine rings is 1. The molecule has 4 rings (SSSR count). The summed E-state index contributed by atoms with van der Waals surface area (Å²) < 4.78 is 45.3. The lowest BCUT2D eigenvalue weighted by Crippen LogP contribution is -2.41. The summed E-state index contributed by atoms with van der Waals surface area (Å²) in [5.41, 5.74) is -0.221. The van der Waals surface area contributed by atoms with Gasteiger partial charge in [-0.25, -0.2) is 9.97 Å². The van der Waals surface area contributed by atoms with Crippen LogP contribution in [0.5, 0.6) is 0 Å². The number of hydrogen-bond acceptors (Lipinski definition) is 6. The molecule has 0 aliphatic carbocycles. The summed E-state index contributed by atoms with van der Waals surface area (Å²) >= 11 is 0. The van der Waals surface area contributed by atoms with E-state index in [-0.39, 0.29) is 11.6 Å². The predicted molar refractivity (Wildman–Crippen MR) is 113 cm³/mol. The molecule has 1 fully saturated rings. The van der Waals surface area contributed by atoms with Crippen LogP contribution in [0, 0.1) is 0 Å². The molecule has 2 aromatic heterocycles. The second-order valence-electron chi connectivity index (χ2n) is 7.47. The fourth-order valence-electron chi connectivity index (χ4n) is 3.60. The molecule has 0 radical (unpaired) electrons. The third kappa shape index (κ3) is 4.75. The molecule has 7 nitrogen and oxygen atoms in total. The molecule has 10 heteroatoms. The van der Waals surface area contributed by atoms with Crippen LogP contribution in [0.15, 0.2) is 53.1 Å². The van der Waals surface area contributed by atoms with E-state index >= 15 is 0 Å². The lowest BCUT2D eigenvalue weighted by Gasteiger charge is -2.32. The minimum Gasteiger partial charge on any atom is -0.431 e. The van der Waals surface area contributed by atoms with Gasteiger partial charge in [-0.2, -0.15) is 13.2 Å². The number of hydrogen-bond donors (Lipinski definition) is 2. The maximum Gasteiger partial charge on any atom is 0.452 e. The van der Waals surface area contributed by atoms with Gasteiger partial charge in [-0.15, -0.1) is 0 Å². The van der Waals surface area contributed by atoms with E-state index in [2.05, 4.69) is 25.5 Å². The molecule has 32 heavy (non-hydrogen) atoms. The van der Waals surface area contributed by atoms with Crippen molar-refractivity contribution in [1.82, 2.24) is 15.3 Å². The summed E-state index contributed by atoms with van der Waals surface area (Å²) in [7, 11) is 1.94. The average molecular weight is 445 g/mol. The van der Waals surface area contributed by atoms with Crippen molar-refractivity contribution in [3.8, 4) is 11.5 Å². The van der Waals surface area contributed by atoms with E-state index in [9.17, 15) is 18.0 Å². The number of carbonyl (C=O) groups is 1. The van der Waals surface area contributed by atoms with E-state index in [1.165, 1.54) is 6.20 Å². The van der Waals surface area contributed by atoms with Crippen LogP contribution in [0.4, 0.5) is 24.7 Å². The first-order valence-electron chi connectivity index (χ1n) is 10.2. The Labute approximate surface area is 182 Å². The first kappa shape index (κ1) is 21.8. The van der Waals surface area contributed by atoms with Crippen molar-refractivity contribution >= 4 is 17.4 Å². The molecule has 0 unspecified atom stereocenters. The summed E-state index contributed by atoms with van der Waals surface area (Å²) in [6.45, 7) is 1.70. The fourth-order valence-corrected chi connectivity index (χ4v) is 3.60. The zero-order valence-corrected chi connectivity index (χ0v) is 17.3. The Kier molecular flexibility index (Phi) is 6.13. The molecule has 0 atom stereocenters. The van der Waals surface area contributed by atoms with Crippen LogP contribution in [0.2, 0.25) is 0 Å². The minimum atomic E-state index is -4.87. The van der Waals surface area contributed by atoms with E-state index in [1.54, 1.807) is 42.5 Å². The monoisotopic (exact) mass is 445 g/mol. The lowest BCUT2D eigenvalue weighted by molar-refractivity contribution is -0.153. The summed E-state index contributed by atoms with van der Waals surface area (Å²) in [6, 6.07) is 11.9. The molecule has 3 aromatic rings. The number of piperidine rings is 1. The highest BCUT2D eigenvalue weighted by Gasteiger charge is 2.42. The molecule has 168 valence electrons. The number of alkyl halides is 3. The van der Waals surface area contributed by atoms with Crippen LogP contribution >= 0.6 is 0 Å². The number of benzene rings is 1. The predicted octanol–water partition coefficient (Wildman–Crippen LogP) is 4.20. The normalized spacial score (nSPS) is 15.1. The Morgan fingerprint density at radius 3 is 2.44 bits per heavy atom. The van der Waals surface area contributed by atoms with Gasteiger partial charge in [0, 0.05) is 24.7 Å². The molecule has 0 bridgehead atoms. The molecule has 1 aliphatic heterocycles. The molecule has 3 heterocycles. The van der Waals surface area contributed by atoms with Crippen LogP contribution in [0.1, 0.15) is 29.1 Å². The zero-order valence-electron chi connectivity index (χ0n) is 17.3. The standard InChI is InChI=1S/C22H22F3N5O2/c1-26-15-9-11-30(12-10-15)17-8-7-16(13-27-17)28-20(31)18-19(22(23,24)25)32-21(29-18)14-5-3-2-4-6-14/h2-8,13,15,26H,9-12H2,1H3,(H,28,31). The van der Waals surface area contributed by atoms with Crippen molar-refractivity contribution in [3.63, 3.8) is 0 Å². The Hall–Kier alpha value is -3.40. The third-order valence-electron chi connectivity index (χ3n) is 5.35. The first-order valence-corrected chi connectivity index (χ1v) is 10.2. The number of nitrogens with one attached hydrogen (secondary N) is 2. The first-order chi connectivity index (χ1) is 15.3. The minimum absolute atomic E-state index is 0.265. The van der Waals surface area contributed by atoms with Gasteiger partial charge in [-0.3, -0.25) is 4.79 Å². The van der Waals surface area contributed by atoms with Gasteiger partial charge >= 0.3 is 6.18 Å². The van der Waals surface area contributed by atoms with E-state index in [0.29, 0.717) is 11.6 Å². The summed E-state index contributed by atoms with van der Waals surface area (Å²) in [5.74, 6) is -1.98. The van der Waals surface area contributed by atoms with Crippen molar-refractivity contribution in [2.24, 2.45) is 0 Å². The van der Waals surface area contributed by atoms with Crippen LogP contribution < -0.4 is 15.5 Å². The molecular formula is C22H22F3N5O2. The van der Waals surface area contributed by atoms with Crippen LogP contribution in [0.3, 0.4) is 0 Å². The molecule has 1 amide bonds. The SMILES string of the molecule is CNC1CCN(c2ccc(NC(=O)c3nc(-c4ccccc4)oc3C(F)(F)F)cn2)CC1. The quantitative estimate of drug-likeness (QED) is 0.613. The molecular weight excluding hydrogens is 423 g/mol. The van der Waals surface area contributed by atoms with E-state index in [4.69, 9.17) is 4.42 Å². The number of nitrogens with zero attached hydrogens (tertiary/aromatic N) is 3. The van der Waals surface area contributed by atoms with Gasteiger partial charge in [0.2, 0.25) is 11.7 Å². The number of rotatable bonds is 5. The Morgan fingerprint density at radius 1 is 1.12 bits per heavy atom. The van der Waals surface area contributed by atoms with E-state index < -0.39 is 23.5 Å². The van der Waals surface area contributed by atoms with Crippen LogP contribution in [-0.4, -0.2) is 42.1 Å². The maximum atomic E-state index is 13.5. The Bertz CT molecular complexity index is 1060. The smallest absolute Gasteiger partial charge is 0.431 e. The van der Waals surface area contributed by atoms with Gasteiger partial charge < -0.3 is 20.0 Å². The van der Waals surface area contributed by atoms with Gasteiger partial charge in [0.25, 0.3) is 5.91 Å². The second-order valence-corrected chi connectivity index (χ2v) is 7.47. The fraction of sp³-hybridized carbons (Fsp3) is 0.318. The highest BCUT2D eigenvalue weighted by Crippen LogP contribution is 2.35. The molecule has 1 saturated heterocycles. The molecule has 0 spiro atoms. The number of oxazole rings is 1. The van der Waals surface area contributed by atoms with Gasteiger partial charge in [-0.05, 0) is 44.2 Å². The number of aromatic nitrogens is 2. The Balaban J connectivity index is 1.51. The maximum absolute atomic E-state index is 13.5. The number of halogens is 3. The topological polar surface area (TPSA) is 83.3 Å². The number of anilines is 2. The van der Waals surface area contributed by atoms with Crippen LogP contribution in [-0.2, 0) is 6.18 Å². The largest absolute Gasteiger partial charge is 0.452 e. The molecule has 1 aromatic carbocycles. The summed E-state index contributed by atoms with van der Waals surface area (Å²) in [5, 5.41) is 5.69. The van der Waals surface area contributed by atoms with Crippen molar-refractivity contribution < 1.29 is 22.4 Å². The third-order valence-corrected chi connectivity index (χ3v) is 5.35. The van der Waals surface area contributed by atoms with Gasteiger partial charge in [0.15, 0.2) is 5.69 Å². The lowest BCUT2D eigenvalue weighted by atomic mass is 10.1. The summed E-state index contributed by atoms with van der Waals surface area (Å²) in [4.78, 5) is 22.9. The van der Waals surface area contributed by atoms with Gasteiger partial charge in [0.1, 0.15) is 5.82 Å².